The number of fused-ring (bicyclic) bond motifs is 1. The van der Waals surface area contributed by atoms with E-state index in [0.29, 0.717) is 13.2 Å². The van der Waals surface area contributed by atoms with E-state index in [4.69, 9.17) is 18.9 Å². The van der Waals surface area contributed by atoms with Crippen LogP contribution in [0, 0.1) is 0 Å². The molecule has 2 fully saturated rings. The van der Waals surface area contributed by atoms with E-state index < -0.39 is 0 Å². The van der Waals surface area contributed by atoms with Crippen molar-refractivity contribution in [2.75, 3.05) is 13.2 Å². The van der Waals surface area contributed by atoms with Crippen molar-refractivity contribution in [1.82, 2.24) is 0 Å². The molecule has 4 nitrogen and oxygen atoms in total. The first-order valence-electron chi connectivity index (χ1n) is 7.31. The number of rotatable bonds is 4. The van der Waals surface area contributed by atoms with Crippen molar-refractivity contribution >= 4 is 0 Å². The first-order chi connectivity index (χ1) is 8.72. The summed E-state index contributed by atoms with van der Waals surface area (Å²) in [6, 6.07) is 0. The normalized spacial score (nSPS) is 35.7. The Kier molecular flexibility index (Phi) is 4.26. The standard InChI is InChI=1S/C15H28O4/c1-7-15(5,6)19-11-9-17-12-10(8-16-13(11)12)18-14(2,3)4/h10-13H,7-9H2,1-6H3. The second-order valence-electron chi connectivity index (χ2n) is 7.13. The van der Waals surface area contributed by atoms with Gasteiger partial charge in [0, 0.05) is 0 Å². The summed E-state index contributed by atoms with van der Waals surface area (Å²) in [5.74, 6) is 0. The molecule has 112 valence electrons. The summed E-state index contributed by atoms with van der Waals surface area (Å²) in [7, 11) is 0. The zero-order valence-corrected chi connectivity index (χ0v) is 13.1. The lowest BCUT2D eigenvalue weighted by atomic mass is 10.0. The molecule has 2 rings (SSSR count). The van der Waals surface area contributed by atoms with Gasteiger partial charge in [-0.2, -0.15) is 0 Å². The van der Waals surface area contributed by atoms with Crippen LogP contribution in [0.15, 0.2) is 0 Å². The molecule has 0 spiro atoms. The predicted molar refractivity (Wildman–Crippen MR) is 73.3 cm³/mol. The average Bonchev–Trinajstić information content (AvgIpc) is 2.81. The summed E-state index contributed by atoms with van der Waals surface area (Å²) in [4.78, 5) is 0. The Morgan fingerprint density at radius 3 is 1.79 bits per heavy atom. The number of hydrogen-bond donors (Lipinski definition) is 0. The molecule has 4 atom stereocenters. The van der Waals surface area contributed by atoms with Gasteiger partial charge in [0.1, 0.15) is 24.4 Å². The lowest BCUT2D eigenvalue weighted by Crippen LogP contribution is -2.40. The quantitative estimate of drug-likeness (QED) is 0.788. The van der Waals surface area contributed by atoms with E-state index in [-0.39, 0.29) is 35.6 Å². The van der Waals surface area contributed by atoms with Crippen molar-refractivity contribution in [3.05, 3.63) is 0 Å². The maximum atomic E-state index is 6.13. The molecule has 0 aromatic rings. The molecule has 2 aliphatic rings. The van der Waals surface area contributed by atoms with Crippen molar-refractivity contribution < 1.29 is 18.9 Å². The summed E-state index contributed by atoms with van der Waals surface area (Å²) in [6.07, 6.45) is 1.04. The van der Waals surface area contributed by atoms with Gasteiger partial charge < -0.3 is 18.9 Å². The van der Waals surface area contributed by atoms with E-state index in [2.05, 4.69) is 41.5 Å². The monoisotopic (exact) mass is 272 g/mol. The minimum absolute atomic E-state index is 0.0110. The van der Waals surface area contributed by atoms with Gasteiger partial charge in [0.25, 0.3) is 0 Å². The summed E-state index contributed by atoms with van der Waals surface area (Å²) in [5, 5.41) is 0. The average molecular weight is 272 g/mol. The van der Waals surface area contributed by atoms with Crippen LogP contribution in [0.5, 0.6) is 0 Å². The van der Waals surface area contributed by atoms with Crippen LogP contribution in [0.25, 0.3) is 0 Å². The second-order valence-corrected chi connectivity index (χ2v) is 7.13. The van der Waals surface area contributed by atoms with E-state index in [1.54, 1.807) is 0 Å². The molecule has 2 aliphatic heterocycles. The van der Waals surface area contributed by atoms with Crippen LogP contribution in [0.2, 0.25) is 0 Å². The molecule has 0 aromatic carbocycles. The summed E-state index contributed by atoms with van der Waals surface area (Å²) >= 11 is 0. The van der Waals surface area contributed by atoms with Crippen LogP contribution in [-0.4, -0.2) is 48.8 Å². The summed E-state index contributed by atoms with van der Waals surface area (Å²) in [6.45, 7) is 13.7. The van der Waals surface area contributed by atoms with E-state index in [1.807, 2.05) is 0 Å². The Hall–Kier alpha value is -0.160. The first kappa shape index (κ1) is 15.2. The molecule has 0 aromatic heterocycles. The van der Waals surface area contributed by atoms with Crippen molar-refractivity contribution in [3.63, 3.8) is 0 Å². The fourth-order valence-electron chi connectivity index (χ4n) is 2.58. The third-order valence-corrected chi connectivity index (χ3v) is 3.79. The van der Waals surface area contributed by atoms with Gasteiger partial charge in [-0.1, -0.05) is 6.92 Å². The minimum atomic E-state index is -0.173. The molecule has 2 heterocycles. The van der Waals surface area contributed by atoms with Crippen LogP contribution in [-0.2, 0) is 18.9 Å². The molecular formula is C15H28O4. The molecule has 19 heavy (non-hydrogen) atoms. The Balaban J connectivity index is 1.94. The van der Waals surface area contributed by atoms with Crippen LogP contribution in [0.4, 0.5) is 0 Å². The molecule has 0 saturated carbocycles. The maximum absolute atomic E-state index is 6.13. The molecule has 4 unspecified atom stereocenters. The zero-order valence-electron chi connectivity index (χ0n) is 13.1. The van der Waals surface area contributed by atoms with Gasteiger partial charge in [0.05, 0.1) is 24.4 Å². The predicted octanol–water partition coefficient (Wildman–Crippen LogP) is 2.54. The summed E-state index contributed by atoms with van der Waals surface area (Å²) in [5.41, 5.74) is -0.302. The zero-order chi connectivity index (χ0) is 14.3. The fraction of sp³-hybridized carbons (Fsp3) is 1.00. The van der Waals surface area contributed by atoms with Gasteiger partial charge in [-0.05, 0) is 41.0 Å². The van der Waals surface area contributed by atoms with Crippen LogP contribution < -0.4 is 0 Å². The minimum Gasteiger partial charge on any atom is -0.370 e. The highest BCUT2D eigenvalue weighted by Crippen LogP contribution is 2.34. The molecule has 0 N–H and O–H groups in total. The molecule has 0 aliphatic carbocycles. The molecule has 0 amide bonds. The van der Waals surface area contributed by atoms with Crippen LogP contribution >= 0.6 is 0 Å². The fourth-order valence-corrected chi connectivity index (χ4v) is 2.58. The van der Waals surface area contributed by atoms with Crippen molar-refractivity contribution in [2.45, 2.75) is 83.6 Å². The SMILES string of the molecule is CCC(C)(C)OC1COC2C(OC(C)(C)C)COC12. The van der Waals surface area contributed by atoms with E-state index in [0.717, 1.165) is 6.42 Å². The Morgan fingerprint density at radius 1 is 0.895 bits per heavy atom. The molecule has 2 saturated heterocycles. The highest BCUT2D eigenvalue weighted by atomic mass is 16.6. The van der Waals surface area contributed by atoms with Crippen LogP contribution in [0.1, 0.15) is 48.0 Å². The van der Waals surface area contributed by atoms with E-state index >= 15 is 0 Å². The highest BCUT2D eigenvalue weighted by molar-refractivity contribution is 4.97. The third-order valence-electron chi connectivity index (χ3n) is 3.79. The Labute approximate surface area is 116 Å². The van der Waals surface area contributed by atoms with Gasteiger partial charge in [-0.15, -0.1) is 0 Å². The topological polar surface area (TPSA) is 36.9 Å². The highest BCUT2D eigenvalue weighted by Gasteiger charge is 2.50. The van der Waals surface area contributed by atoms with E-state index in [9.17, 15) is 0 Å². The molecule has 4 heteroatoms. The lowest BCUT2D eigenvalue weighted by Gasteiger charge is -2.29. The van der Waals surface area contributed by atoms with Crippen molar-refractivity contribution in [3.8, 4) is 0 Å². The van der Waals surface area contributed by atoms with Gasteiger partial charge in [-0.3, -0.25) is 0 Å². The summed E-state index contributed by atoms with van der Waals surface area (Å²) < 4.78 is 23.9. The molecule has 0 bridgehead atoms. The van der Waals surface area contributed by atoms with Crippen molar-refractivity contribution in [1.29, 1.82) is 0 Å². The van der Waals surface area contributed by atoms with Crippen LogP contribution in [0.3, 0.4) is 0 Å². The number of ether oxygens (including phenoxy) is 4. The lowest BCUT2D eigenvalue weighted by molar-refractivity contribution is -0.122. The van der Waals surface area contributed by atoms with Gasteiger partial charge >= 0.3 is 0 Å². The van der Waals surface area contributed by atoms with Crippen molar-refractivity contribution in [2.24, 2.45) is 0 Å². The molecular weight excluding hydrogens is 244 g/mol. The molecule has 0 radical (unpaired) electrons. The van der Waals surface area contributed by atoms with E-state index in [1.165, 1.54) is 0 Å². The van der Waals surface area contributed by atoms with Gasteiger partial charge in [-0.25, -0.2) is 0 Å². The number of hydrogen-bond acceptors (Lipinski definition) is 4. The largest absolute Gasteiger partial charge is 0.370 e. The maximum Gasteiger partial charge on any atom is 0.115 e. The second kappa shape index (κ2) is 5.32. The van der Waals surface area contributed by atoms with Gasteiger partial charge in [0.2, 0.25) is 0 Å². The first-order valence-corrected chi connectivity index (χ1v) is 7.31. The Morgan fingerprint density at radius 2 is 1.37 bits per heavy atom. The Bertz CT molecular complexity index is 308. The smallest absolute Gasteiger partial charge is 0.115 e. The van der Waals surface area contributed by atoms with Gasteiger partial charge in [0.15, 0.2) is 0 Å². The third kappa shape index (κ3) is 3.69.